The average molecular weight is 195 g/mol. The van der Waals surface area contributed by atoms with E-state index in [9.17, 15) is 0 Å². The van der Waals surface area contributed by atoms with Crippen molar-refractivity contribution in [3.63, 3.8) is 0 Å². The van der Waals surface area contributed by atoms with Crippen LogP contribution in [0.5, 0.6) is 0 Å². The molecule has 0 N–H and O–H groups in total. The summed E-state index contributed by atoms with van der Waals surface area (Å²) >= 11 is 0. The topological polar surface area (TPSA) is 3.24 Å². The van der Waals surface area contributed by atoms with Gasteiger partial charge in [0.1, 0.15) is 0 Å². The van der Waals surface area contributed by atoms with E-state index in [0.717, 1.165) is 11.3 Å². The third kappa shape index (κ3) is 1.71. The van der Waals surface area contributed by atoms with Gasteiger partial charge in [-0.25, -0.2) is 0 Å². The third-order valence-electron chi connectivity index (χ3n) is 4.55. The molecule has 2 rings (SSSR count). The van der Waals surface area contributed by atoms with Crippen LogP contribution in [0.2, 0.25) is 0 Å². The average Bonchev–Trinajstić information content (AvgIpc) is 2.43. The van der Waals surface area contributed by atoms with Gasteiger partial charge in [-0.15, -0.1) is 0 Å². The molecule has 1 aliphatic heterocycles. The Morgan fingerprint density at radius 2 is 1.93 bits per heavy atom. The molecule has 0 aromatic heterocycles. The molecule has 1 spiro atoms. The van der Waals surface area contributed by atoms with Crippen molar-refractivity contribution in [1.82, 2.24) is 4.90 Å². The summed E-state index contributed by atoms with van der Waals surface area (Å²) in [6, 6.07) is 0. The van der Waals surface area contributed by atoms with Crippen LogP contribution in [0.3, 0.4) is 0 Å². The Bertz CT molecular complexity index is 208. The lowest BCUT2D eigenvalue weighted by Gasteiger charge is -2.51. The van der Waals surface area contributed by atoms with E-state index in [2.05, 4.69) is 32.6 Å². The fraction of sp³-hybridized carbons (Fsp3) is 1.00. The lowest BCUT2D eigenvalue weighted by Crippen LogP contribution is -2.44. The molecule has 1 heteroatoms. The third-order valence-corrected chi connectivity index (χ3v) is 4.55. The number of rotatable bonds is 1. The van der Waals surface area contributed by atoms with Crippen LogP contribution < -0.4 is 0 Å². The monoisotopic (exact) mass is 195 g/mol. The van der Waals surface area contributed by atoms with Gasteiger partial charge in [0.25, 0.3) is 0 Å². The molecule has 0 unspecified atom stereocenters. The second-order valence-corrected chi connectivity index (χ2v) is 6.59. The van der Waals surface area contributed by atoms with Crippen molar-refractivity contribution in [1.29, 1.82) is 0 Å². The Morgan fingerprint density at radius 3 is 2.36 bits per heavy atom. The highest BCUT2D eigenvalue weighted by atomic mass is 15.2. The van der Waals surface area contributed by atoms with E-state index >= 15 is 0 Å². The number of hydrogen-bond acceptors (Lipinski definition) is 1. The van der Waals surface area contributed by atoms with Crippen molar-refractivity contribution in [3.05, 3.63) is 0 Å². The van der Waals surface area contributed by atoms with Crippen LogP contribution in [-0.4, -0.2) is 24.5 Å². The summed E-state index contributed by atoms with van der Waals surface area (Å²) in [7, 11) is 0. The molecule has 1 nitrogen and oxygen atoms in total. The van der Waals surface area contributed by atoms with Crippen LogP contribution in [-0.2, 0) is 0 Å². The zero-order valence-corrected chi connectivity index (χ0v) is 10.3. The molecule has 0 aromatic carbocycles. The maximum absolute atomic E-state index is 2.62. The normalized spacial score (nSPS) is 39.0. The van der Waals surface area contributed by atoms with Gasteiger partial charge in [-0.1, -0.05) is 27.7 Å². The van der Waals surface area contributed by atoms with Gasteiger partial charge in [0.15, 0.2) is 0 Å². The molecular weight excluding hydrogens is 170 g/mol. The molecule has 0 radical (unpaired) electrons. The first-order chi connectivity index (χ1) is 6.45. The van der Waals surface area contributed by atoms with E-state index in [1.807, 2.05) is 0 Å². The van der Waals surface area contributed by atoms with Crippen LogP contribution in [0.15, 0.2) is 0 Å². The molecule has 1 heterocycles. The molecule has 14 heavy (non-hydrogen) atoms. The van der Waals surface area contributed by atoms with Gasteiger partial charge in [-0.2, -0.15) is 0 Å². The van der Waals surface area contributed by atoms with Crippen molar-refractivity contribution >= 4 is 0 Å². The van der Waals surface area contributed by atoms with Crippen LogP contribution in [0.25, 0.3) is 0 Å². The molecule has 0 amide bonds. The lowest BCUT2D eigenvalue weighted by molar-refractivity contribution is -0.00544. The largest absolute Gasteiger partial charge is 0.303 e. The van der Waals surface area contributed by atoms with E-state index in [1.54, 1.807) is 0 Å². The van der Waals surface area contributed by atoms with E-state index in [0.29, 0.717) is 5.41 Å². The predicted octanol–water partition coefficient (Wildman–Crippen LogP) is 3.15. The van der Waals surface area contributed by atoms with E-state index < -0.39 is 0 Å². The van der Waals surface area contributed by atoms with Gasteiger partial charge < -0.3 is 4.90 Å². The summed E-state index contributed by atoms with van der Waals surface area (Å²) in [4.78, 5) is 2.62. The van der Waals surface area contributed by atoms with Crippen molar-refractivity contribution in [2.24, 2.45) is 16.7 Å². The second-order valence-electron chi connectivity index (χ2n) is 6.59. The van der Waals surface area contributed by atoms with E-state index in [1.165, 1.54) is 38.9 Å². The molecule has 1 aliphatic carbocycles. The maximum Gasteiger partial charge on any atom is 0.00385 e. The summed E-state index contributed by atoms with van der Waals surface area (Å²) < 4.78 is 0. The highest BCUT2D eigenvalue weighted by molar-refractivity contribution is 5.02. The quantitative estimate of drug-likeness (QED) is 0.621. The summed E-state index contributed by atoms with van der Waals surface area (Å²) in [5.74, 6) is 0.985. The van der Waals surface area contributed by atoms with Crippen molar-refractivity contribution in [2.45, 2.75) is 47.0 Å². The molecule has 1 saturated carbocycles. The lowest BCUT2D eigenvalue weighted by atomic mass is 9.54. The summed E-state index contributed by atoms with van der Waals surface area (Å²) in [6.07, 6.45) is 4.45. The summed E-state index contributed by atoms with van der Waals surface area (Å²) in [6.45, 7) is 13.5. The number of hydrogen-bond donors (Lipinski definition) is 0. The maximum atomic E-state index is 2.62. The zero-order valence-electron chi connectivity index (χ0n) is 10.3. The van der Waals surface area contributed by atoms with Gasteiger partial charge in [0, 0.05) is 6.54 Å². The molecule has 0 bridgehead atoms. The molecule has 82 valence electrons. The van der Waals surface area contributed by atoms with Gasteiger partial charge in [0.2, 0.25) is 0 Å². The smallest absolute Gasteiger partial charge is 0.00385 e. The minimum absolute atomic E-state index is 0.547. The highest BCUT2D eigenvalue weighted by Crippen LogP contribution is 2.57. The van der Waals surface area contributed by atoms with Crippen LogP contribution in [0.1, 0.15) is 47.0 Å². The molecule has 0 aromatic rings. The first-order valence-electron chi connectivity index (χ1n) is 6.18. The standard InChI is InChI=1S/C13H25N/c1-5-14-7-6-13(10-14)8-11(9-13)12(2,3)4/h11H,5-10H2,1-4H3. The number of nitrogens with zero attached hydrogens (tertiary/aromatic N) is 1. The summed E-state index contributed by atoms with van der Waals surface area (Å²) in [5.41, 5.74) is 1.29. The predicted molar refractivity (Wildman–Crippen MR) is 61.3 cm³/mol. The molecule has 2 aliphatic rings. The first kappa shape index (κ1) is 10.5. The Balaban J connectivity index is 1.88. The Labute approximate surface area is 88.9 Å². The Morgan fingerprint density at radius 1 is 1.29 bits per heavy atom. The van der Waals surface area contributed by atoms with E-state index in [4.69, 9.17) is 0 Å². The second kappa shape index (κ2) is 3.23. The van der Waals surface area contributed by atoms with E-state index in [-0.39, 0.29) is 0 Å². The Kier molecular flexibility index (Phi) is 2.42. The molecular formula is C13H25N. The van der Waals surface area contributed by atoms with Gasteiger partial charge in [-0.3, -0.25) is 0 Å². The fourth-order valence-corrected chi connectivity index (χ4v) is 3.23. The molecule has 2 fully saturated rings. The fourth-order valence-electron chi connectivity index (χ4n) is 3.23. The van der Waals surface area contributed by atoms with Gasteiger partial charge in [-0.05, 0) is 49.1 Å². The van der Waals surface area contributed by atoms with Crippen molar-refractivity contribution in [3.8, 4) is 0 Å². The Hall–Kier alpha value is -0.0400. The minimum atomic E-state index is 0.547. The van der Waals surface area contributed by atoms with Crippen LogP contribution in [0, 0.1) is 16.7 Å². The van der Waals surface area contributed by atoms with Crippen molar-refractivity contribution in [2.75, 3.05) is 19.6 Å². The zero-order chi connectivity index (χ0) is 10.4. The van der Waals surface area contributed by atoms with Crippen molar-refractivity contribution < 1.29 is 0 Å². The van der Waals surface area contributed by atoms with Gasteiger partial charge in [0.05, 0.1) is 0 Å². The highest BCUT2D eigenvalue weighted by Gasteiger charge is 2.50. The number of likely N-dealkylation sites (tertiary alicyclic amines) is 1. The van der Waals surface area contributed by atoms with Gasteiger partial charge >= 0.3 is 0 Å². The molecule has 1 saturated heterocycles. The first-order valence-corrected chi connectivity index (χ1v) is 6.18. The molecule has 0 atom stereocenters. The SMILES string of the molecule is CCN1CCC2(CC(C(C)(C)C)C2)C1. The van der Waals surface area contributed by atoms with Crippen LogP contribution in [0.4, 0.5) is 0 Å². The van der Waals surface area contributed by atoms with Crippen LogP contribution >= 0.6 is 0 Å². The minimum Gasteiger partial charge on any atom is -0.303 e. The summed E-state index contributed by atoms with van der Waals surface area (Å²) in [5, 5.41) is 0.